The monoisotopic (exact) mass is 649 g/mol. The highest BCUT2D eigenvalue weighted by Crippen LogP contribution is 2.51. The molecule has 0 bridgehead atoms. The lowest BCUT2D eigenvalue weighted by molar-refractivity contribution is -0.151. The predicted octanol–water partition coefficient (Wildman–Crippen LogP) is 7.36. The molecule has 0 unspecified atom stereocenters. The first-order chi connectivity index (χ1) is 19.7. The molecule has 0 rings (SSSR count). The zero-order valence-electron chi connectivity index (χ0n) is 32.4. The van der Waals surface area contributed by atoms with Crippen LogP contribution in [0.3, 0.4) is 0 Å². The van der Waals surface area contributed by atoms with Crippen LogP contribution in [0.2, 0.25) is 0 Å². The zero-order chi connectivity index (χ0) is 35.8. The van der Waals surface area contributed by atoms with Crippen molar-refractivity contribution in [1.29, 1.82) is 0 Å². The van der Waals surface area contributed by atoms with Gasteiger partial charge in [-0.3, -0.25) is 0 Å². The lowest BCUT2D eigenvalue weighted by Crippen LogP contribution is -2.49. The average molecular weight is 649 g/mol. The van der Waals surface area contributed by atoms with Crippen LogP contribution < -0.4 is 0 Å². The van der Waals surface area contributed by atoms with Gasteiger partial charge >= 0.3 is 0 Å². The Bertz CT molecular complexity index is 691. The van der Waals surface area contributed by atoms with E-state index >= 15 is 0 Å². The first-order valence-corrected chi connectivity index (χ1v) is 17.1. The van der Waals surface area contributed by atoms with Crippen molar-refractivity contribution in [3.8, 4) is 0 Å². The minimum Gasteiger partial charge on any atom is -0.390 e. The molecule has 0 aromatic heterocycles. The molecule has 0 aliphatic rings. The van der Waals surface area contributed by atoms with Gasteiger partial charge in [-0.2, -0.15) is 0 Å². The Morgan fingerprint density at radius 3 is 0.600 bits per heavy atom. The van der Waals surface area contributed by atoms with Gasteiger partial charge in [0.05, 0.1) is 71.2 Å². The summed E-state index contributed by atoms with van der Waals surface area (Å²) in [6.07, 6.45) is 4.80. The summed E-state index contributed by atoms with van der Waals surface area (Å²) in [4.78, 5) is 0. The van der Waals surface area contributed by atoms with Crippen molar-refractivity contribution in [2.24, 2.45) is 5.41 Å². The average Bonchev–Trinajstić information content (AvgIpc) is 2.66. The maximum Gasteiger partial charge on any atom is 0.0631 e. The van der Waals surface area contributed by atoms with E-state index in [0.29, 0.717) is 77.8 Å². The first-order valence-electron chi connectivity index (χ1n) is 17.1. The van der Waals surface area contributed by atoms with Gasteiger partial charge in [-0.15, -0.1) is 0 Å². The van der Waals surface area contributed by atoms with Gasteiger partial charge in [0.1, 0.15) is 0 Å². The molecule has 0 aliphatic carbocycles. The maximum absolute atomic E-state index is 10.3. The van der Waals surface area contributed by atoms with Crippen LogP contribution >= 0.6 is 0 Å². The summed E-state index contributed by atoms with van der Waals surface area (Å²) in [7, 11) is 0. The summed E-state index contributed by atoms with van der Waals surface area (Å²) in [5.41, 5.74) is -5.85. The van der Waals surface area contributed by atoms with E-state index in [-0.39, 0.29) is 0 Å². The third-order valence-corrected chi connectivity index (χ3v) is 8.03. The van der Waals surface area contributed by atoms with Crippen molar-refractivity contribution < 1.29 is 39.4 Å². The molecule has 45 heavy (non-hydrogen) atoms. The lowest BCUT2D eigenvalue weighted by Gasteiger charge is -2.50. The number of hydrogen-bond acceptors (Lipinski definition) is 8. The van der Waals surface area contributed by atoms with E-state index in [2.05, 4.69) is 55.4 Å². The smallest absolute Gasteiger partial charge is 0.0631 e. The Balaban J connectivity index is 6.67. The Labute approximate surface area is 278 Å². The number of ether oxygens (including phenoxy) is 4. The molecule has 8 heteroatoms. The second kappa shape index (κ2) is 16.4. The molecule has 4 N–H and O–H groups in total. The Morgan fingerprint density at radius 1 is 0.311 bits per heavy atom. The largest absolute Gasteiger partial charge is 0.390 e. The van der Waals surface area contributed by atoms with Gasteiger partial charge in [-0.1, -0.05) is 0 Å². The summed E-state index contributed by atoms with van der Waals surface area (Å²) in [5.74, 6) is 0. The molecule has 0 spiro atoms. The molecule has 272 valence electrons. The van der Waals surface area contributed by atoms with Gasteiger partial charge < -0.3 is 39.4 Å². The fraction of sp³-hybridized carbons (Fsp3) is 1.00. The fourth-order valence-electron chi connectivity index (χ4n) is 6.50. The number of rotatable bonds is 24. The summed E-state index contributed by atoms with van der Waals surface area (Å²) in [6, 6.07) is 0. The highest BCUT2D eigenvalue weighted by molar-refractivity contribution is 4.99. The van der Waals surface area contributed by atoms with E-state index in [1.165, 1.54) is 0 Å². The zero-order valence-corrected chi connectivity index (χ0v) is 32.4. The molecular weight excluding hydrogens is 572 g/mol. The minimum atomic E-state index is -0.823. The molecule has 0 saturated heterocycles. The van der Waals surface area contributed by atoms with Crippen molar-refractivity contribution in [1.82, 2.24) is 0 Å². The summed E-state index contributed by atoms with van der Waals surface area (Å²) >= 11 is 0. The van der Waals surface area contributed by atoms with Crippen molar-refractivity contribution in [3.63, 3.8) is 0 Å². The third-order valence-electron chi connectivity index (χ3n) is 8.03. The van der Waals surface area contributed by atoms with Crippen molar-refractivity contribution in [2.75, 3.05) is 26.4 Å². The molecule has 8 nitrogen and oxygen atoms in total. The van der Waals surface area contributed by atoms with Crippen molar-refractivity contribution >= 4 is 0 Å². The molecule has 0 amide bonds. The summed E-state index contributed by atoms with van der Waals surface area (Å²) in [6.45, 7) is 32.9. The van der Waals surface area contributed by atoms with Crippen LogP contribution in [0.5, 0.6) is 0 Å². The van der Waals surface area contributed by atoms with Crippen LogP contribution in [0.15, 0.2) is 0 Å². The highest BCUT2D eigenvalue weighted by Gasteiger charge is 2.48. The van der Waals surface area contributed by atoms with Gasteiger partial charge in [-0.05, 0) is 168 Å². The summed E-state index contributed by atoms with van der Waals surface area (Å²) in [5, 5.41) is 41.4. The molecule has 0 atom stereocenters. The van der Waals surface area contributed by atoms with Gasteiger partial charge in [0.2, 0.25) is 0 Å². The second-order valence-corrected chi connectivity index (χ2v) is 18.9. The minimum absolute atomic E-state index is 0.396. The van der Waals surface area contributed by atoms with Crippen molar-refractivity contribution in [2.45, 2.75) is 207 Å². The fourth-order valence-corrected chi connectivity index (χ4v) is 6.50. The Hall–Kier alpha value is -0.320. The Kier molecular flexibility index (Phi) is 16.3. The lowest BCUT2D eigenvalue weighted by atomic mass is 9.62. The number of aliphatic hydroxyl groups is 4. The van der Waals surface area contributed by atoms with E-state index in [1.54, 1.807) is 55.4 Å². The van der Waals surface area contributed by atoms with Crippen LogP contribution in [0, 0.1) is 5.41 Å². The van der Waals surface area contributed by atoms with Crippen molar-refractivity contribution in [3.05, 3.63) is 0 Å². The van der Waals surface area contributed by atoms with Crippen LogP contribution in [0.1, 0.15) is 162 Å². The van der Waals surface area contributed by atoms with E-state index in [0.717, 1.165) is 0 Å². The Morgan fingerprint density at radius 2 is 0.467 bits per heavy atom. The maximum atomic E-state index is 10.3. The molecule has 0 aliphatic heterocycles. The summed E-state index contributed by atoms with van der Waals surface area (Å²) < 4.78 is 26.0. The van der Waals surface area contributed by atoms with Crippen LogP contribution in [-0.2, 0) is 18.9 Å². The number of hydrogen-bond donors (Lipinski definition) is 4. The van der Waals surface area contributed by atoms with Gasteiger partial charge in [0.25, 0.3) is 0 Å². The SMILES string of the molecule is CC(C)(O)CCOC(C)(C)CC(CC(C)(C)OCCC(C)(C)O)(CC(C)(C)OCCC(C)(C)O)CC(C)(C)OCCC(C)(C)O. The van der Waals surface area contributed by atoms with Gasteiger partial charge in [0.15, 0.2) is 0 Å². The predicted molar refractivity (Wildman–Crippen MR) is 185 cm³/mol. The molecule has 0 aromatic rings. The third kappa shape index (κ3) is 24.5. The molecule has 0 aromatic carbocycles. The standard InChI is InChI=1S/C37H76O8/c1-29(2,38)17-21-42-33(9,10)25-37(26-34(11,12)43-22-18-30(3,4)39,27-35(13,14)44-23-19-31(5,6)40)28-36(15,16)45-24-20-32(7,8)41/h38-41H,17-28H2,1-16H3. The van der Waals surface area contributed by atoms with Gasteiger partial charge in [0, 0.05) is 0 Å². The van der Waals surface area contributed by atoms with Gasteiger partial charge in [-0.25, -0.2) is 0 Å². The van der Waals surface area contributed by atoms with Crippen LogP contribution in [0.4, 0.5) is 0 Å². The quantitative estimate of drug-likeness (QED) is 0.0858. The molecular formula is C37H76O8. The molecule has 0 heterocycles. The highest BCUT2D eigenvalue weighted by atomic mass is 16.5. The van der Waals surface area contributed by atoms with Crippen LogP contribution in [-0.4, -0.2) is 91.7 Å². The van der Waals surface area contributed by atoms with E-state index in [9.17, 15) is 20.4 Å². The second-order valence-electron chi connectivity index (χ2n) is 18.9. The molecule has 0 saturated carbocycles. The molecule has 0 radical (unpaired) electrons. The molecule has 0 fully saturated rings. The van der Waals surface area contributed by atoms with E-state index in [4.69, 9.17) is 18.9 Å². The van der Waals surface area contributed by atoms with E-state index in [1.807, 2.05) is 0 Å². The van der Waals surface area contributed by atoms with Crippen LogP contribution in [0.25, 0.3) is 0 Å². The topological polar surface area (TPSA) is 118 Å². The van der Waals surface area contributed by atoms with E-state index < -0.39 is 50.2 Å². The first kappa shape index (κ1) is 44.7. The normalized spacial score (nSPS) is 15.2.